The molecule has 1 aliphatic heterocycles. The van der Waals surface area contributed by atoms with E-state index in [1.807, 2.05) is 23.1 Å². The Morgan fingerprint density at radius 3 is 2.79 bits per heavy atom. The lowest BCUT2D eigenvalue weighted by Gasteiger charge is -2.26. The minimum absolute atomic E-state index is 0.140. The molecule has 4 heterocycles. The van der Waals surface area contributed by atoms with Gasteiger partial charge in [0.2, 0.25) is 5.95 Å². The van der Waals surface area contributed by atoms with E-state index in [0.717, 1.165) is 19.4 Å². The molecule has 9 nitrogen and oxygen atoms in total. The Kier molecular flexibility index (Phi) is 3.58. The van der Waals surface area contributed by atoms with Crippen LogP contribution in [0.25, 0.3) is 21.9 Å². The molecule has 1 fully saturated rings. The number of para-hydroxylation sites is 1. The molecular weight excluding hydrogens is 358 g/mol. The molecule has 1 saturated heterocycles. The fourth-order valence-electron chi connectivity index (χ4n) is 3.96. The molecular formula is C19H19N7O2. The van der Waals surface area contributed by atoms with Crippen LogP contribution in [0, 0.1) is 0 Å². The fraction of sp³-hybridized carbons (Fsp3) is 0.316. The molecule has 1 aliphatic rings. The Morgan fingerprint density at radius 1 is 1.11 bits per heavy atom. The standard InChI is InChI=1S/C19H19N7O2/c1-24-10-12-15(23-24)22-19(25(2)18(12)28)26-9-5-8-14(26)16-20-13-7-4-3-6-11(13)17(27)21-16/h3-4,6-7,10,14H,5,8-9H2,1-2H3,(H,20,21,27). The highest BCUT2D eigenvalue weighted by Crippen LogP contribution is 2.33. The van der Waals surface area contributed by atoms with E-state index in [1.165, 1.54) is 0 Å². The highest BCUT2D eigenvalue weighted by atomic mass is 16.1. The Hall–Kier alpha value is -3.49. The lowest BCUT2D eigenvalue weighted by atomic mass is 10.2. The molecule has 1 atom stereocenters. The third-order valence-corrected chi connectivity index (χ3v) is 5.31. The van der Waals surface area contributed by atoms with Gasteiger partial charge in [0.15, 0.2) is 5.65 Å². The van der Waals surface area contributed by atoms with Gasteiger partial charge in [-0.05, 0) is 25.0 Å². The summed E-state index contributed by atoms with van der Waals surface area (Å²) in [4.78, 5) is 39.5. The molecule has 5 rings (SSSR count). The van der Waals surface area contributed by atoms with E-state index in [-0.39, 0.29) is 17.2 Å². The number of rotatable bonds is 2. The summed E-state index contributed by atoms with van der Waals surface area (Å²) < 4.78 is 3.13. The topological polar surface area (TPSA) is 102 Å². The second-order valence-corrected chi connectivity index (χ2v) is 7.14. The van der Waals surface area contributed by atoms with Crippen LogP contribution in [0.3, 0.4) is 0 Å². The van der Waals surface area contributed by atoms with Crippen LogP contribution < -0.4 is 16.0 Å². The zero-order valence-corrected chi connectivity index (χ0v) is 15.6. The number of aromatic nitrogens is 6. The molecule has 0 saturated carbocycles. The van der Waals surface area contributed by atoms with Gasteiger partial charge in [0.25, 0.3) is 11.1 Å². The number of aromatic amines is 1. The number of hydrogen-bond donors (Lipinski definition) is 1. The number of H-pyrrole nitrogens is 1. The summed E-state index contributed by atoms with van der Waals surface area (Å²) in [6, 6.07) is 7.13. The Labute approximate surface area is 159 Å². The Bertz CT molecular complexity index is 1330. The maximum absolute atomic E-state index is 12.8. The second kappa shape index (κ2) is 6.01. The number of nitrogens with one attached hydrogen (secondary N) is 1. The molecule has 0 bridgehead atoms. The smallest absolute Gasteiger partial charge is 0.265 e. The second-order valence-electron chi connectivity index (χ2n) is 7.14. The average molecular weight is 377 g/mol. The first-order valence-corrected chi connectivity index (χ1v) is 9.19. The number of hydrogen-bond acceptors (Lipinski definition) is 6. The summed E-state index contributed by atoms with van der Waals surface area (Å²) in [6.45, 7) is 0.722. The van der Waals surface area contributed by atoms with Crippen LogP contribution >= 0.6 is 0 Å². The van der Waals surface area contributed by atoms with Crippen LogP contribution in [0.1, 0.15) is 24.7 Å². The van der Waals surface area contributed by atoms with Crippen molar-refractivity contribution in [3.8, 4) is 0 Å². The maximum atomic E-state index is 12.8. The highest BCUT2D eigenvalue weighted by molar-refractivity contribution is 5.77. The number of aryl methyl sites for hydroxylation is 1. The van der Waals surface area contributed by atoms with Crippen molar-refractivity contribution in [3.63, 3.8) is 0 Å². The number of nitrogens with zero attached hydrogens (tertiary/aromatic N) is 6. The predicted octanol–water partition coefficient (Wildman–Crippen LogP) is 1.24. The van der Waals surface area contributed by atoms with Crippen molar-refractivity contribution in [2.45, 2.75) is 18.9 Å². The first kappa shape index (κ1) is 16.7. The summed E-state index contributed by atoms with van der Waals surface area (Å²) in [5.41, 5.74) is 0.787. The Morgan fingerprint density at radius 2 is 1.93 bits per heavy atom. The van der Waals surface area contributed by atoms with Crippen LogP contribution in [0.2, 0.25) is 0 Å². The minimum atomic E-state index is -0.158. The van der Waals surface area contributed by atoms with Crippen LogP contribution in [-0.2, 0) is 14.1 Å². The van der Waals surface area contributed by atoms with Gasteiger partial charge in [0.1, 0.15) is 11.2 Å². The van der Waals surface area contributed by atoms with Crippen LogP contribution in [-0.4, -0.2) is 35.8 Å². The molecule has 28 heavy (non-hydrogen) atoms. The third-order valence-electron chi connectivity index (χ3n) is 5.31. The van der Waals surface area contributed by atoms with Gasteiger partial charge < -0.3 is 9.88 Å². The normalized spacial score (nSPS) is 17.1. The van der Waals surface area contributed by atoms with Gasteiger partial charge in [-0.3, -0.25) is 18.8 Å². The first-order valence-electron chi connectivity index (χ1n) is 9.19. The minimum Gasteiger partial charge on any atom is -0.332 e. The van der Waals surface area contributed by atoms with Crippen molar-refractivity contribution in [2.24, 2.45) is 14.1 Å². The van der Waals surface area contributed by atoms with Gasteiger partial charge >= 0.3 is 0 Å². The SMILES string of the molecule is Cn1cc2c(=O)n(C)c(N3CCCC3c3nc4ccccc4c(=O)[nH]3)nc2n1. The van der Waals surface area contributed by atoms with E-state index in [4.69, 9.17) is 0 Å². The van der Waals surface area contributed by atoms with Gasteiger partial charge in [-0.2, -0.15) is 10.1 Å². The van der Waals surface area contributed by atoms with Crippen molar-refractivity contribution in [1.82, 2.24) is 29.3 Å². The lowest BCUT2D eigenvalue weighted by molar-refractivity contribution is 0.636. The third kappa shape index (κ3) is 2.43. The first-order chi connectivity index (χ1) is 13.5. The van der Waals surface area contributed by atoms with Crippen LogP contribution in [0.4, 0.5) is 5.95 Å². The van der Waals surface area contributed by atoms with Crippen molar-refractivity contribution in [1.29, 1.82) is 0 Å². The van der Waals surface area contributed by atoms with Crippen molar-refractivity contribution in [3.05, 3.63) is 57.0 Å². The van der Waals surface area contributed by atoms with E-state index in [1.54, 1.807) is 35.6 Å². The molecule has 1 aromatic carbocycles. The summed E-state index contributed by atoms with van der Waals surface area (Å²) in [7, 11) is 3.48. The van der Waals surface area contributed by atoms with Gasteiger partial charge in [0.05, 0.1) is 16.9 Å². The number of fused-ring (bicyclic) bond motifs is 2. The van der Waals surface area contributed by atoms with Crippen molar-refractivity contribution >= 4 is 27.9 Å². The fourth-order valence-corrected chi connectivity index (χ4v) is 3.96. The molecule has 0 radical (unpaired) electrons. The van der Waals surface area contributed by atoms with E-state index >= 15 is 0 Å². The van der Waals surface area contributed by atoms with E-state index in [2.05, 4.69) is 20.1 Å². The van der Waals surface area contributed by atoms with Gasteiger partial charge in [-0.15, -0.1) is 0 Å². The molecule has 1 unspecified atom stereocenters. The Balaban J connectivity index is 1.65. The van der Waals surface area contributed by atoms with Crippen molar-refractivity contribution in [2.75, 3.05) is 11.4 Å². The summed E-state index contributed by atoms with van der Waals surface area (Å²) >= 11 is 0. The van der Waals surface area contributed by atoms with Gasteiger partial charge in [0, 0.05) is 26.8 Å². The van der Waals surface area contributed by atoms with E-state index in [0.29, 0.717) is 33.7 Å². The quantitative estimate of drug-likeness (QED) is 0.564. The largest absolute Gasteiger partial charge is 0.332 e. The van der Waals surface area contributed by atoms with Gasteiger partial charge in [-0.25, -0.2) is 4.98 Å². The zero-order valence-electron chi connectivity index (χ0n) is 15.6. The van der Waals surface area contributed by atoms with Gasteiger partial charge in [-0.1, -0.05) is 12.1 Å². The monoisotopic (exact) mass is 377 g/mol. The highest BCUT2D eigenvalue weighted by Gasteiger charge is 2.31. The number of benzene rings is 1. The molecule has 9 heteroatoms. The lowest BCUT2D eigenvalue weighted by Crippen LogP contribution is -2.32. The average Bonchev–Trinajstić information content (AvgIpc) is 3.31. The number of anilines is 1. The molecule has 0 spiro atoms. The zero-order chi connectivity index (χ0) is 19.4. The van der Waals surface area contributed by atoms with Crippen LogP contribution in [0.5, 0.6) is 0 Å². The molecule has 0 aliphatic carbocycles. The molecule has 1 N–H and O–H groups in total. The van der Waals surface area contributed by atoms with Crippen molar-refractivity contribution < 1.29 is 0 Å². The van der Waals surface area contributed by atoms with Crippen LogP contribution in [0.15, 0.2) is 40.1 Å². The molecule has 0 amide bonds. The maximum Gasteiger partial charge on any atom is 0.265 e. The molecule has 142 valence electrons. The summed E-state index contributed by atoms with van der Waals surface area (Å²) in [5.74, 6) is 1.13. The van der Waals surface area contributed by atoms with E-state index < -0.39 is 0 Å². The molecule has 3 aromatic heterocycles. The summed E-state index contributed by atoms with van der Waals surface area (Å²) in [6.07, 6.45) is 3.41. The summed E-state index contributed by atoms with van der Waals surface area (Å²) in [5, 5.41) is 5.35. The van der Waals surface area contributed by atoms with E-state index in [9.17, 15) is 9.59 Å². The molecule has 4 aromatic rings. The predicted molar refractivity (Wildman–Crippen MR) is 105 cm³/mol.